The monoisotopic (exact) mass is 436 g/mol. The lowest BCUT2D eigenvalue weighted by molar-refractivity contribution is 0.0695. The highest BCUT2D eigenvalue weighted by Gasteiger charge is 2.22. The number of nitrogens with zero attached hydrogens (tertiary/aromatic N) is 4. The van der Waals surface area contributed by atoms with Crippen LogP contribution in [-0.2, 0) is 0 Å². The fraction of sp³-hybridized carbons (Fsp3) is 0.250. The molecule has 0 atom stereocenters. The smallest absolute Gasteiger partial charge is 0.341 e. The summed E-state index contributed by atoms with van der Waals surface area (Å²) in [6.45, 7) is 2.76. The summed E-state index contributed by atoms with van der Waals surface area (Å²) >= 11 is 0. The Kier molecular flexibility index (Phi) is 6.04. The van der Waals surface area contributed by atoms with Crippen LogP contribution < -0.4 is 10.3 Å². The molecule has 7 nitrogen and oxygen atoms in total. The molecule has 1 N–H and O–H groups in total. The largest absolute Gasteiger partial charge is 0.477 e. The Bertz CT molecular complexity index is 1160. The van der Waals surface area contributed by atoms with Gasteiger partial charge in [-0.25, -0.2) is 18.6 Å². The van der Waals surface area contributed by atoms with Crippen LogP contribution in [0, 0.1) is 11.6 Å². The van der Waals surface area contributed by atoms with Gasteiger partial charge in [0.25, 0.3) is 0 Å². The quantitative estimate of drug-likeness (QED) is 0.679. The van der Waals surface area contributed by atoms with Crippen molar-refractivity contribution in [3.05, 3.63) is 64.1 Å². The average molecular weight is 437 g/mol. The van der Waals surface area contributed by atoms with Gasteiger partial charge < -0.3 is 19.5 Å². The molecule has 3 aromatic rings. The number of likely N-dealkylation sites (N-methyl/N-ethyl adjacent to an activating group) is 1. The number of hydrogen-bond acceptors (Lipinski definition) is 5. The summed E-state index contributed by atoms with van der Waals surface area (Å²) in [7, 11) is 1.99. The Balaban J connectivity index is 0.00000256. The third-order valence-corrected chi connectivity index (χ3v) is 5.11. The summed E-state index contributed by atoms with van der Waals surface area (Å²) in [5, 5.41) is 9.32. The molecular formula is C20H19ClF2N4O3. The van der Waals surface area contributed by atoms with E-state index in [-0.39, 0.29) is 23.6 Å². The predicted octanol–water partition coefficient (Wildman–Crippen LogP) is 2.54. The molecule has 2 aromatic heterocycles. The molecule has 0 aliphatic carbocycles. The normalized spacial score (nSPS) is 14.6. The number of aromatic nitrogens is 2. The molecule has 0 radical (unpaired) electrons. The van der Waals surface area contributed by atoms with Crippen molar-refractivity contribution in [2.75, 3.05) is 38.1 Å². The van der Waals surface area contributed by atoms with Gasteiger partial charge in [0.1, 0.15) is 23.0 Å². The summed E-state index contributed by atoms with van der Waals surface area (Å²) in [5.74, 6) is -2.37. The Hall–Kier alpha value is -3.04. The molecule has 0 bridgehead atoms. The van der Waals surface area contributed by atoms with Crippen molar-refractivity contribution in [3.63, 3.8) is 0 Å². The summed E-state index contributed by atoms with van der Waals surface area (Å²) in [6.07, 6.45) is 2.13. The van der Waals surface area contributed by atoms with Crippen molar-refractivity contribution < 1.29 is 18.7 Å². The van der Waals surface area contributed by atoms with E-state index >= 15 is 0 Å². The first kappa shape index (κ1) is 21.7. The van der Waals surface area contributed by atoms with Gasteiger partial charge >= 0.3 is 5.97 Å². The van der Waals surface area contributed by atoms with Crippen LogP contribution in [-0.4, -0.2) is 58.8 Å². The molecule has 4 rings (SSSR count). The van der Waals surface area contributed by atoms with Crippen LogP contribution in [0.5, 0.6) is 0 Å². The summed E-state index contributed by atoms with van der Waals surface area (Å²) in [4.78, 5) is 32.2. The third kappa shape index (κ3) is 3.86. The van der Waals surface area contributed by atoms with E-state index in [0.717, 1.165) is 31.5 Å². The number of rotatable bonds is 3. The van der Waals surface area contributed by atoms with Crippen molar-refractivity contribution in [1.82, 2.24) is 14.5 Å². The van der Waals surface area contributed by atoms with Crippen LogP contribution in [0.2, 0.25) is 0 Å². The molecule has 158 valence electrons. The molecular weight excluding hydrogens is 418 g/mol. The van der Waals surface area contributed by atoms with E-state index in [1.165, 1.54) is 22.8 Å². The lowest BCUT2D eigenvalue weighted by atomic mass is 10.1. The number of halogens is 3. The zero-order valence-corrected chi connectivity index (χ0v) is 16.8. The van der Waals surface area contributed by atoms with E-state index in [1.807, 2.05) is 11.9 Å². The average Bonchev–Trinajstić information content (AvgIpc) is 2.70. The first-order chi connectivity index (χ1) is 13.8. The number of piperazine rings is 1. The topological polar surface area (TPSA) is 78.7 Å². The van der Waals surface area contributed by atoms with Crippen LogP contribution in [0.25, 0.3) is 16.7 Å². The number of benzene rings is 1. The van der Waals surface area contributed by atoms with Crippen molar-refractivity contribution in [1.29, 1.82) is 0 Å². The predicted molar refractivity (Wildman–Crippen MR) is 111 cm³/mol. The highest BCUT2D eigenvalue weighted by molar-refractivity contribution is 5.94. The van der Waals surface area contributed by atoms with E-state index in [4.69, 9.17) is 0 Å². The number of carbonyl (C=O) groups is 1. The first-order valence-electron chi connectivity index (χ1n) is 9.03. The molecule has 3 heterocycles. The molecule has 30 heavy (non-hydrogen) atoms. The molecule has 0 unspecified atom stereocenters. The van der Waals surface area contributed by atoms with Crippen molar-refractivity contribution in [2.45, 2.75) is 0 Å². The van der Waals surface area contributed by atoms with Gasteiger partial charge in [-0.05, 0) is 31.3 Å². The van der Waals surface area contributed by atoms with E-state index in [9.17, 15) is 23.5 Å². The molecule has 1 aliphatic heterocycles. The minimum atomic E-state index is -1.43. The second-order valence-corrected chi connectivity index (χ2v) is 6.99. The van der Waals surface area contributed by atoms with Gasteiger partial charge in [-0.15, -0.1) is 12.4 Å². The molecule has 0 spiro atoms. The molecule has 10 heteroatoms. The molecule has 1 aromatic carbocycles. The van der Waals surface area contributed by atoms with E-state index in [2.05, 4.69) is 9.88 Å². The van der Waals surface area contributed by atoms with Gasteiger partial charge in [-0.1, -0.05) is 0 Å². The minimum Gasteiger partial charge on any atom is -0.477 e. The van der Waals surface area contributed by atoms with Gasteiger partial charge in [0, 0.05) is 32.4 Å². The summed E-state index contributed by atoms with van der Waals surface area (Å²) in [5.41, 5.74) is -0.677. The number of fused-ring (bicyclic) bond motifs is 1. The second kappa shape index (κ2) is 8.37. The van der Waals surface area contributed by atoms with E-state index < -0.39 is 28.6 Å². The number of anilines is 1. The van der Waals surface area contributed by atoms with Crippen molar-refractivity contribution in [3.8, 4) is 5.82 Å². The first-order valence-corrected chi connectivity index (χ1v) is 9.03. The van der Waals surface area contributed by atoms with Crippen LogP contribution >= 0.6 is 12.4 Å². The van der Waals surface area contributed by atoms with Gasteiger partial charge in [0.2, 0.25) is 5.43 Å². The highest BCUT2D eigenvalue weighted by Crippen LogP contribution is 2.27. The minimum absolute atomic E-state index is 0. The molecule has 0 saturated carbocycles. The fourth-order valence-electron chi connectivity index (χ4n) is 3.48. The maximum Gasteiger partial charge on any atom is 0.341 e. The number of carboxylic acids is 1. The number of carboxylic acid groups (broad SMARTS) is 1. The second-order valence-electron chi connectivity index (χ2n) is 6.99. The van der Waals surface area contributed by atoms with Gasteiger partial charge in [-0.3, -0.25) is 4.79 Å². The number of aromatic carboxylic acids is 1. The fourth-order valence-corrected chi connectivity index (χ4v) is 3.48. The van der Waals surface area contributed by atoms with Crippen molar-refractivity contribution in [2.24, 2.45) is 0 Å². The Labute approximate surface area is 176 Å². The van der Waals surface area contributed by atoms with E-state index in [0.29, 0.717) is 24.3 Å². The standard InChI is InChI=1S/C20H18F2N4O3.ClH/c1-24-4-6-25(7-5-24)17-9-16-13(8-15(17)22)19(27)14(20(28)29)11-26(16)18-3-2-12(21)10-23-18;/h2-3,8-11H,4-7H2,1H3,(H,28,29);1H. The molecule has 1 saturated heterocycles. The Morgan fingerprint density at radius 1 is 1.13 bits per heavy atom. The number of hydrogen-bond donors (Lipinski definition) is 1. The zero-order chi connectivity index (χ0) is 20.7. The van der Waals surface area contributed by atoms with Gasteiger partial charge in [0.15, 0.2) is 0 Å². The lowest BCUT2D eigenvalue weighted by Gasteiger charge is -2.34. The maximum absolute atomic E-state index is 14.9. The van der Waals surface area contributed by atoms with E-state index in [1.54, 1.807) is 0 Å². The lowest BCUT2D eigenvalue weighted by Crippen LogP contribution is -2.44. The Morgan fingerprint density at radius 2 is 1.83 bits per heavy atom. The van der Waals surface area contributed by atoms with Crippen LogP contribution in [0.1, 0.15) is 10.4 Å². The zero-order valence-electron chi connectivity index (χ0n) is 16.0. The molecule has 1 fully saturated rings. The van der Waals surface area contributed by atoms with Crippen LogP contribution in [0.4, 0.5) is 14.5 Å². The summed E-state index contributed by atoms with van der Waals surface area (Å²) in [6, 6.07) is 5.13. The molecule has 1 aliphatic rings. The Morgan fingerprint density at radius 3 is 2.43 bits per heavy atom. The molecule has 0 amide bonds. The maximum atomic E-state index is 14.9. The summed E-state index contributed by atoms with van der Waals surface area (Å²) < 4.78 is 29.6. The van der Waals surface area contributed by atoms with Gasteiger partial charge in [-0.2, -0.15) is 0 Å². The van der Waals surface area contributed by atoms with Gasteiger partial charge in [0.05, 0.1) is 22.8 Å². The third-order valence-electron chi connectivity index (χ3n) is 5.11. The van der Waals surface area contributed by atoms with Crippen LogP contribution in [0.3, 0.4) is 0 Å². The van der Waals surface area contributed by atoms with Crippen molar-refractivity contribution >= 4 is 35.0 Å². The SMILES string of the molecule is CN1CCN(c2cc3c(cc2F)c(=O)c(C(=O)O)cn3-c2ccc(F)cn2)CC1.Cl. The number of pyridine rings is 2. The highest BCUT2D eigenvalue weighted by atomic mass is 35.5. The van der Waals surface area contributed by atoms with Crippen LogP contribution in [0.15, 0.2) is 41.5 Å².